The molecule has 2 aliphatic rings. The molecule has 0 aromatic rings. The second-order valence-electron chi connectivity index (χ2n) is 11.8. The number of amides is 8. The van der Waals surface area contributed by atoms with Crippen molar-refractivity contribution in [2.75, 3.05) is 6.54 Å². The summed E-state index contributed by atoms with van der Waals surface area (Å²) in [6.45, 7) is 7.27. The molecule has 2 bridgehead atoms. The lowest BCUT2D eigenvalue weighted by atomic mass is 9.96. The number of hydrogen-bond acceptors (Lipinski definition) is 9. The predicted octanol–water partition coefficient (Wildman–Crippen LogP) is -2.14. The lowest BCUT2D eigenvalue weighted by Crippen LogP contribution is -2.60. The molecule has 1 fully saturated rings. The summed E-state index contributed by atoms with van der Waals surface area (Å²) in [6, 6.07) is -6.32. The standard InChI is InChI=1S/C31H46N8O9/c1-4-17(3)27-31(48)37-20(9-10-23(32)41)29(46)38-22(15-24(33)42)28(45)34-11-5-6-25(43)35-18-13-19(40)8-7-16(2)12-21(30(47)39-27)36-26(44)14-18/h7-8,13,17-18,20-22,27,40H,2,4-6,9-12,14-15H2,1,3H3,(H2,32,41)(H2,33,42)(H,34,45)(H,35,43)(H,36,44)(H,37,48)(H,38,46)(H,39,47)/b8-7-,19-13+/t17-,18?,20-,21-,22-,27-/m0/s1. The van der Waals surface area contributed by atoms with E-state index >= 15 is 0 Å². The van der Waals surface area contributed by atoms with Crippen molar-refractivity contribution in [2.24, 2.45) is 17.4 Å². The Morgan fingerprint density at radius 1 is 0.875 bits per heavy atom. The largest absolute Gasteiger partial charge is 0.508 e. The molecule has 1 unspecified atom stereocenters. The average molecular weight is 675 g/mol. The van der Waals surface area contributed by atoms with Gasteiger partial charge in [0.25, 0.3) is 0 Å². The second-order valence-corrected chi connectivity index (χ2v) is 11.8. The lowest BCUT2D eigenvalue weighted by molar-refractivity contribution is -0.136. The van der Waals surface area contributed by atoms with E-state index in [1.54, 1.807) is 13.8 Å². The average Bonchev–Trinajstić information content (AvgIpc) is 3.02. The monoisotopic (exact) mass is 674 g/mol. The van der Waals surface area contributed by atoms with Crippen LogP contribution in [0.15, 0.2) is 36.1 Å². The van der Waals surface area contributed by atoms with E-state index in [9.17, 15) is 43.5 Å². The van der Waals surface area contributed by atoms with Crippen LogP contribution in [0.2, 0.25) is 0 Å². The van der Waals surface area contributed by atoms with Gasteiger partial charge in [-0.3, -0.25) is 38.4 Å². The molecule has 17 nitrogen and oxygen atoms in total. The van der Waals surface area contributed by atoms with Crippen molar-refractivity contribution in [1.82, 2.24) is 31.9 Å². The highest BCUT2D eigenvalue weighted by molar-refractivity contribution is 5.97. The third kappa shape index (κ3) is 13.3. The van der Waals surface area contributed by atoms with Crippen LogP contribution in [0.5, 0.6) is 0 Å². The lowest BCUT2D eigenvalue weighted by Gasteiger charge is -2.29. The van der Waals surface area contributed by atoms with Crippen LogP contribution in [0.25, 0.3) is 0 Å². The topological polar surface area (TPSA) is 281 Å². The van der Waals surface area contributed by atoms with E-state index in [1.807, 2.05) is 0 Å². The second kappa shape index (κ2) is 18.8. The van der Waals surface area contributed by atoms with Crippen LogP contribution in [0.3, 0.4) is 0 Å². The van der Waals surface area contributed by atoms with Crippen molar-refractivity contribution in [3.05, 3.63) is 36.1 Å². The summed E-state index contributed by atoms with van der Waals surface area (Å²) < 4.78 is 0. The highest BCUT2D eigenvalue weighted by Crippen LogP contribution is 2.14. The molecule has 11 N–H and O–H groups in total. The van der Waals surface area contributed by atoms with E-state index in [0.717, 1.165) is 0 Å². The fraction of sp³-hybridized carbons (Fsp3) is 0.548. The van der Waals surface area contributed by atoms with Crippen LogP contribution in [0, 0.1) is 5.92 Å². The summed E-state index contributed by atoms with van der Waals surface area (Å²) >= 11 is 0. The first-order valence-corrected chi connectivity index (χ1v) is 15.7. The SMILES string of the molecule is C=C1/C=C\C(O)=C/C2CC(=O)N[C@@H](C1)C(=O)N[C@@H]([C@@H](C)CC)C(=O)N[C@@H](CCC(N)=O)C(=O)N[C@@H](CC(N)=O)C(=O)NCCCC(=O)N2. The smallest absolute Gasteiger partial charge is 0.243 e. The van der Waals surface area contributed by atoms with Gasteiger partial charge in [-0.2, -0.15) is 0 Å². The summed E-state index contributed by atoms with van der Waals surface area (Å²) in [5.74, 6) is -6.88. The van der Waals surface area contributed by atoms with Crippen LogP contribution >= 0.6 is 0 Å². The Kier molecular flexibility index (Phi) is 15.3. The number of carbonyl (C=O) groups is 8. The zero-order valence-corrected chi connectivity index (χ0v) is 27.1. The molecule has 2 heterocycles. The van der Waals surface area contributed by atoms with Gasteiger partial charge in [0.1, 0.15) is 29.9 Å². The Labute approximate surface area is 278 Å². The predicted molar refractivity (Wildman–Crippen MR) is 172 cm³/mol. The van der Waals surface area contributed by atoms with Crippen molar-refractivity contribution in [3.63, 3.8) is 0 Å². The van der Waals surface area contributed by atoms with E-state index in [2.05, 4.69) is 38.5 Å². The van der Waals surface area contributed by atoms with Crippen molar-refractivity contribution >= 4 is 47.3 Å². The molecule has 0 aromatic carbocycles. The maximum atomic E-state index is 13.6. The molecule has 2 aliphatic heterocycles. The minimum atomic E-state index is -1.46. The van der Waals surface area contributed by atoms with Gasteiger partial charge >= 0.3 is 0 Å². The van der Waals surface area contributed by atoms with Crippen molar-refractivity contribution in [3.8, 4) is 0 Å². The summed E-state index contributed by atoms with van der Waals surface area (Å²) in [6.07, 6.45) is 2.74. The van der Waals surface area contributed by atoms with E-state index < -0.39 is 89.8 Å². The third-order valence-corrected chi connectivity index (χ3v) is 7.76. The van der Waals surface area contributed by atoms with Gasteiger partial charge in [-0.1, -0.05) is 38.5 Å². The maximum absolute atomic E-state index is 13.6. The number of aliphatic hydroxyl groups is 1. The van der Waals surface area contributed by atoms with Crippen molar-refractivity contribution < 1.29 is 43.5 Å². The van der Waals surface area contributed by atoms with Gasteiger partial charge in [0, 0.05) is 25.8 Å². The van der Waals surface area contributed by atoms with Crippen LogP contribution < -0.4 is 43.4 Å². The first kappa shape index (κ1) is 39.0. The van der Waals surface area contributed by atoms with E-state index in [1.165, 1.54) is 18.2 Å². The zero-order valence-electron chi connectivity index (χ0n) is 27.1. The number of allylic oxidation sites excluding steroid dienone is 2. The number of hydrogen-bond donors (Lipinski definition) is 9. The fourth-order valence-corrected chi connectivity index (χ4v) is 4.93. The summed E-state index contributed by atoms with van der Waals surface area (Å²) in [5, 5.41) is 25.7. The number of fused-ring (bicyclic) bond motifs is 4. The molecule has 0 aromatic heterocycles. The maximum Gasteiger partial charge on any atom is 0.243 e. The minimum Gasteiger partial charge on any atom is -0.508 e. The molecule has 0 radical (unpaired) electrons. The first-order chi connectivity index (χ1) is 22.6. The van der Waals surface area contributed by atoms with Gasteiger partial charge in [-0.05, 0) is 30.9 Å². The van der Waals surface area contributed by atoms with Gasteiger partial charge in [0.05, 0.1) is 18.9 Å². The summed E-state index contributed by atoms with van der Waals surface area (Å²) in [5.41, 5.74) is 10.9. The molecule has 8 amide bonds. The molecule has 2 rings (SSSR count). The van der Waals surface area contributed by atoms with E-state index in [4.69, 9.17) is 11.5 Å². The summed E-state index contributed by atoms with van der Waals surface area (Å²) in [7, 11) is 0. The van der Waals surface area contributed by atoms with Crippen LogP contribution in [-0.4, -0.2) is 89.1 Å². The summed E-state index contributed by atoms with van der Waals surface area (Å²) in [4.78, 5) is 103. The van der Waals surface area contributed by atoms with E-state index in [0.29, 0.717) is 12.0 Å². The molecule has 48 heavy (non-hydrogen) atoms. The number of nitrogens with one attached hydrogen (secondary N) is 6. The Bertz CT molecular complexity index is 1340. The number of primary amides is 2. The van der Waals surface area contributed by atoms with Crippen molar-refractivity contribution in [2.45, 2.75) is 95.4 Å². The van der Waals surface area contributed by atoms with Gasteiger partial charge in [-0.15, -0.1) is 0 Å². The van der Waals surface area contributed by atoms with Crippen LogP contribution in [0.4, 0.5) is 0 Å². The fourth-order valence-electron chi connectivity index (χ4n) is 4.93. The zero-order chi connectivity index (χ0) is 36.0. The quantitative estimate of drug-likeness (QED) is 0.142. The molecule has 0 aliphatic carbocycles. The minimum absolute atomic E-state index is 0.0532. The van der Waals surface area contributed by atoms with Gasteiger partial charge in [0.2, 0.25) is 47.3 Å². The molecule has 0 spiro atoms. The normalized spacial score (nSPS) is 28.0. The van der Waals surface area contributed by atoms with Crippen molar-refractivity contribution in [1.29, 1.82) is 0 Å². The molecular weight excluding hydrogens is 628 g/mol. The number of aliphatic hydroxyl groups excluding tert-OH is 1. The third-order valence-electron chi connectivity index (χ3n) is 7.76. The highest BCUT2D eigenvalue weighted by Gasteiger charge is 2.34. The molecule has 17 heteroatoms. The molecule has 0 saturated carbocycles. The number of nitrogens with two attached hydrogens (primary N) is 2. The Morgan fingerprint density at radius 3 is 2.21 bits per heavy atom. The van der Waals surface area contributed by atoms with Crippen LogP contribution in [-0.2, 0) is 38.4 Å². The van der Waals surface area contributed by atoms with E-state index in [-0.39, 0.29) is 50.8 Å². The Hall–Kier alpha value is -5.22. The highest BCUT2D eigenvalue weighted by atomic mass is 16.3. The van der Waals surface area contributed by atoms with Gasteiger partial charge < -0.3 is 48.5 Å². The Balaban J connectivity index is 2.55. The molecule has 6 atom stereocenters. The molecule has 264 valence electrons. The van der Waals surface area contributed by atoms with Gasteiger partial charge in [-0.25, -0.2) is 0 Å². The van der Waals surface area contributed by atoms with Crippen LogP contribution in [0.1, 0.15) is 65.2 Å². The molecular formula is C31H46N8O9. The number of rotatable bonds is 7. The molecule has 1 saturated heterocycles. The van der Waals surface area contributed by atoms with Gasteiger partial charge in [0.15, 0.2) is 0 Å². The number of carbonyl (C=O) groups excluding carboxylic acids is 8. The Morgan fingerprint density at radius 2 is 1.56 bits per heavy atom. The first-order valence-electron chi connectivity index (χ1n) is 15.7.